The Hall–Kier alpha value is -0.250. The van der Waals surface area contributed by atoms with Crippen LogP contribution in [0.15, 0.2) is 0 Å². The topological polar surface area (TPSA) is 12.5 Å². The van der Waals surface area contributed by atoms with Crippen molar-refractivity contribution in [1.29, 1.82) is 0 Å². The minimum absolute atomic E-state index is 0.0383. The molecule has 1 heterocycles. The second kappa shape index (κ2) is 4.37. The van der Waals surface area contributed by atoms with Gasteiger partial charge in [0.05, 0.1) is 6.10 Å². The van der Waals surface area contributed by atoms with E-state index in [1.165, 1.54) is 0 Å². The average Bonchev–Trinajstić information content (AvgIpc) is 2.96. The van der Waals surface area contributed by atoms with Crippen molar-refractivity contribution in [1.82, 2.24) is 0 Å². The summed E-state index contributed by atoms with van der Waals surface area (Å²) < 4.78 is 44.9. The summed E-state index contributed by atoms with van der Waals surface area (Å²) in [6.07, 6.45) is -0.728. The van der Waals surface area contributed by atoms with E-state index < -0.39 is 17.9 Å². The molecule has 0 bridgehead atoms. The zero-order valence-corrected chi connectivity index (χ0v) is 12.4. The van der Waals surface area contributed by atoms with E-state index in [1.54, 1.807) is 0 Å². The molecule has 0 aromatic rings. The molecular weight excluding hydrogens is 253 g/mol. The molecule has 2 fully saturated rings. The van der Waals surface area contributed by atoms with Gasteiger partial charge in [0.25, 0.3) is 0 Å². The van der Waals surface area contributed by atoms with E-state index >= 15 is 0 Å². The average molecular weight is 278 g/mol. The van der Waals surface area contributed by atoms with E-state index in [2.05, 4.69) is 27.7 Å². The fourth-order valence-corrected chi connectivity index (χ4v) is 3.10. The number of rotatable bonds is 0. The summed E-state index contributed by atoms with van der Waals surface area (Å²) in [5, 5.41) is 0. The molecule has 1 aliphatic heterocycles. The van der Waals surface area contributed by atoms with Crippen molar-refractivity contribution in [3.8, 4) is 0 Å². The summed E-state index contributed by atoms with van der Waals surface area (Å²) in [5.74, 6) is 0. The van der Waals surface area contributed by atoms with Crippen LogP contribution in [0.2, 0.25) is 0 Å². The van der Waals surface area contributed by atoms with Crippen LogP contribution in [0.25, 0.3) is 0 Å². The molecule has 1 aliphatic carbocycles. The standard InChI is InChI=1S/C15H25F3O/c1-12(2)6-5-11-14(19-11,15(16,17)18)10-9-13(3,4)8-7-12/h11H,5-10H2,1-4H3. The van der Waals surface area contributed by atoms with Gasteiger partial charge in [-0.25, -0.2) is 0 Å². The molecule has 0 aromatic heterocycles. The van der Waals surface area contributed by atoms with Crippen molar-refractivity contribution in [2.24, 2.45) is 10.8 Å². The SMILES string of the molecule is CC1(C)CCC2OC2(C(F)(F)F)CCC(C)(C)CC1. The van der Waals surface area contributed by atoms with E-state index in [0.29, 0.717) is 12.8 Å². The van der Waals surface area contributed by atoms with Crippen LogP contribution < -0.4 is 0 Å². The van der Waals surface area contributed by atoms with Gasteiger partial charge in [0, 0.05) is 0 Å². The predicted octanol–water partition coefficient (Wildman–Crippen LogP) is 5.09. The Kier molecular flexibility index (Phi) is 3.48. The van der Waals surface area contributed by atoms with Crippen molar-refractivity contribution in [3.63, 3.8) is 0 Å². The number of epoxide rings is 1. The van der Waals surface area contributed by atoms with E-state index in [4.69, 9.17) is 4.74 Å². The maximum absolute atomic E-state index is 13.2. The first-order valence-corrected chi connectivity index (χ1v) is 7.22. The quantitative estimate of drug-likeness (QED) is 0.562. The van der Waals surface area contributed by atoms with Crippen LogP contribution in [0, 0.1) is 10.8 Å². The number of halogens is 3. The second-order valence-corrected chi connectivity index (χ2v) is 7.86. The molecule has 0 spiro atoms. The van der Waals surface area contributed by atoms with Crippen LogP contribution in [-0.2, 0) is 4.74 Å². The lowest BCUT2D eigenvalue weighted by Crippen LogP contribution is -2.37. The Morgan fingerprint density at radius 2 is 1.32 bits per heavy atom. The van der Waals surface area contributed by atoms with Crippen molar-refractivity contribution in [2.75, 3.05) is 0 Å². The van der Waals surface area contributed by atoms with Crippen molar-refractivity contribution in [3.05, 3.63) is 0 Å². The molecule has 0 radical (unpaired) electrons. The smallest absolute Gasteiger partial charge is 0.356 e. The molecule has 2 atom stereocenters. The zero-order valence-electron chi connectivity index (χ0n) is 12.4. The van der Waals surface area contributed by atoms with E-state index in [1.807, 2.05) is 0 Å². The van der Waals surface area contributed by atoms with Crippen LogP contribution in [0.3, 0.4) is 0 Å². The first kappa shape index (κ1) is 15.1. The molecule has 1 nitrogen and oxygen atoms in total. The lowest BCUT2D eigenvalue weighted by atomic mass is 9.72. The van der Waals surface area contributed by atoms with Gasteiger partial charge in [0.1, 0.15) is 0 Å². The summed E-state index contributed by atoms with van der Waals surface area (Å²) >= 11 is 0. The number of hydrogen-bond donors (Lipinski definition) is 0. The minimum Gasteiger partial charge on any atom is -0.356 e. The third-order valence-corrected chi connectivity index (χ3v) is 5.03. The molecule has 0 amide bonds. The van der Waals surface area contributed by atoms with Gasteiger partial charge < -0.3 is 4.74 Å². The Labute approximate surface area is 113 Å². The van der Waals surface area contributed by atoms with Gasteiger partial charge in [-0.15, -0.1) is 0 Å². The van der Waals surface area contributed by atoms with Crippen molar-refractivity contribution in [2.45, 2.75) is 84.1 Å². The fourth-order valence-electron chi connectivity index (χ4n) is 3.10. The van der Waals surface area contributed by atoms with E-state index in [-0.39, 0.29) is 17.3 Å². The summed E-state index contributed by atoms with van der Waals surface area (Å²) in [6, 6.07) is 0. The number of ether oxygens (including phenoxy) is 1. The molecule has 1 saturated carbocycles. The maximum atomic E-state index is 13.2. The van der Waals surface area contributed by atoms with Gasteiger partial charge in [-0.2, -0.15) is 13.2 Å². The highest BCUT2D eigenvalue weighted by Crippen LogP contribution is 2.57. The predicted molar refractivity (Wildman–Crippen MR) is 68.9 cm³/mol. The normalized spacial score (nSPS) is 38.4. The van der Waals surface area contributed by atoms with Gasteiger partial charge in [0.2, 0.25) is 0 Å². The first-order chi connectivity index (χ1) is 8.48. The number of hydrogen-bond acceptors (Lipinski definition) is 1. The van der Waals surface area contributed by atoms with E-state index in [0.717, 1.165) is 19.3 Å². The Morgan fingerprint density at radius 3 is 1.84 bits per heavy atom. The zero-order chi connectivity index (χ0) is 14.5. The monoisotopic (exact) mass is 278 g/mol. The summed E-state index contributed by atoms with van der Waals surface area (Å²) in [7, 11) is 0. The molecule has 1 saturated heterocycles. The lowest BCUT2D eigenvalue weighted by molar-refractivity contribution is -0.187. The fraction of sp³-hybridized carbons (Fsp3) is 1.00. The number of alkyl halides is 3. The highest BCUT2D eigenvalue weighted by atomic mass is 19.4. The Bertz CT molecular complexity index is 346. The summed E-state index contributed by atoms with van der Waals surface area (Å²) in [4.78, 5) is 0. The molecule has 2 aliphatic rings. The largest absolute Gasteiger partial charge is 0.420 e. The lowest BCUT2D eigenvalue weighted by Gasteiger charge is -2.33. The van der Waals surface area contributed by atoms with Gasteiger partial charge in [-0.3, -0.25) is 0 Å². The second-order valence-electron chi connectivity index (χ2n) is 7.86. The van der Waals surface area contributed by atoms with Crippen molar-refractivity contribution < 1.29 is 17.9 Å². The number of fused-ring (bicyclic) bond motifs is 1. The van der Waals surface area contributed by atoms with Crippen LogP contribution in [0.4, 0.5) is 13.2 Å². The molecule has 112 valence electrons. The Morgan fingerprint density at radius 1 is 0.842 bits per heavy atom. The molecule has 19 heavy (non-hydrogen) atoms. The third kappa shape index (κ3) is 3.09. The van der Waals surface area contributed by atoms with Gasteiger partial charge in [-0.1, -0.05) is 27.7 Å². The van der Waals surface area contributed by atoms with Crippen LogP contribution >= 0.6 is 0 Å². The third-order valence-electron chi connectivity index (χ3n) is 5.03. The molecule has 0 N–H and O–H groups in total. The van der Waals surface area contributed by atoms with Crippen LogP contribution in [0.5, 0.6) is 0 Å². The minimum atomic E-state index is -4.23. The van der Waals surface area contributed by atoms with Crippen molar-refractivity contribution >= 4 is 0 Å². The highest BCUT2D eigenvalue weighted by molar-refractivity contribution is 5.09. The van der Waals surface area contributed by atoms with Gasteiger partial charge in [-0.05, 0) is 49.4 Å². The Balaban J connectivity index is 2.17. The summed E-state index contributed by atoms with van der Waals surface area (Å²) in [5.41, 5.74) is -1.76. The molecule has 2 unspecified atom stereocenters. The molecular formula is C15H25F3O. The maximum Gasteiger partial charge on any atom is 0.420 e. The summed E-state index contributed by atoms with van der Waals surface area (Å²) in [6.45, 7) is 8.46. The molecule has 4 heteroatoms. The van der Waals surface area contributed by atoms with Crippen LogP contribution in [-0.4, -0.2) is 17.9 Å². The molecule has 0 aromatic carbocycles. The van der Waals surface area contributed by atoms with Crippen LogP contribution in [0.1, 0.15) is 66.2 Å². The first-order valence-electron chi connectivity index (χ1n) is 7.22. The van der Waals surface area contributed by atoms with Gasteiger partial charge >= 0.3 is 6.18 Å². The van der Waals surface area contributed by atoms with E-state index in [9.17, 15) is 13.2 Å². The van der Waals surface area contributed by atoms with Gasteiger partial charge in [0.15, 0.2) is 5.60 Å². The molecule has 2 rings (SSSR count). The highest BCUT2D eigenvalue weighted by Gasteiger charge is 2.72.